The predicted octanol–water partition coefficient (Wildman–Crippen LogP) is 3.60. The first kappa shape index (κ1) is 24.2. The predicted molar refractivity (Wildman–Crippen MR) is 136 cm³/mol. The molecule has 1 saturated heterocycles. The molecule has 0 bridgehead atoms. The fourth-order valence-corrected chi connectivity index (χ4v) is 5.21. The quantitative estimate of drug-likeness (QED) is 0.347. The SMILES string of the molecule is Cc1cc(COc2ccc(C(=O)N[C@@H]3CCN(C4CCC4)C[C@@H]3C(=O)NO)cc2)c2ccccc2n1. The minimum Gasteiger partial charge on any atom is -0.489 e. The number of benzene rings is 2. The highest BCUT2D eigenvalue weighted by atomic mass is 16.5. The fourth-order valence-electron chi connectivity index (χ4n) is 5.21. The number of fused-ring (bicyclic) bond motifs is 1. The summed E-state index contributed by atoms with van der Waals surface area (Å²) < 4.78 is 6.01. The van der Waals surface area contributed by atoms with Crippen molar-refractivity contribution in [2.45, 2.75) is 51.3 Å². The summed E-state index contributed by atoms with van der Waals surface area (Å²) in [6.45, 7) is 3.74. The second-order valence-electron chi connectivity index (χ2n) is 9.78. The number of likely N-dealkylation sites (tertiary alicyclic amines) is 1. The molecule has 188 valence electrons. The lowest BCUT2D eigenvalue weighted by atomic mass is 9.85. The van der Waals surface area contributed by atoms with Gasteiger partial charge < -0.3 is 10.1 Å². The van der Waals surface area contributed by atoms with Crippen molar-refractivity contribution in [3.8, 4) is 5.75 Å². The molecule has 0 unspecified atom stereocenters. The Labute approximate surface area is 210 Å². The van der Waals surface area contributed by atoms with Crippen LogP contribution in [0.3, 0.4) is 0 Å². The number of para-hydroxylation sites is 1. The molecule has 2 aliphatic rings. The molecule has 5 rings (SSSR count). The molecular weight excluding hydrogens is 456 g/mol. The number of amides is 2. The molecule has 1 saturated carbocycles. The first-order chi connectivity index (χ1) is 17.5. The number of piperidine rings is 1. The van der Waals surface area contributed by atoms with E-state index in [2.05, 4.69) is 15.2 Å². The van der Waals surface area contributed by atoms with Crippen LogP contribution in [0.25, 0.3) is 10.9 Å². The lowest BCUT2D eigenvalue weighted by Crippen LogP contribution is -2.58. The Hall–Kier alpha value is -3.49. The Balaban J connectivity index is 1.21. The van der Waals surface area contributed by atoms with Gasteiger partial charge in [0, 0.05) is 47.4 Å². The lowest BCUT2D eigenvalue weighted by Gasteiger charge is -2.44. The minimum atomic E-state index is -0.491. The number of nitrogens with one attached hydrogen (secondary N) is 2. The summed E-state index contributed by atoms with van der Waals surface area (Å²) >= 11 is 0. The van der Waals surface area contributed by atoms with E-state index >= 15 is 0 Å². The molecule has 2 fully saturated rings. The third-order valence-corrected chi connectivity index (χ3v) is 7.44. The number of hydrogen-bond acceptors (Lipinski definition) is 6. The van der Waals surface area contributed by atoms with Gasteiger partial charge in [0.15, 0.2) is 0 Å². The molecule has 3 aromatic rings. The van der Waals surface area contributed by atoms with Crippen LogP contribution in [-0.4, -0.2) is 52.1 Å². The van der Waals surface area contributed by atoms with E-state index in [0.29, 0.717) is 36.9 Å². The van der Waals surface area contributed by atoms with E-state index in [9.17, 15) is 14.8 Å². The Morgan fingerprint density at radius 2 is 1.89 bits per heavy atom. The zero-order valence-electron chi connectivity index (χ0n) is 20.4. The van der Waals surface area contributed by atoms with Crippen LogP contribution in [0, 0.1) is 12.8 Å². The van der Waals surface area contributed by atoms with Crippen molar-refractivity contribution in [1.29, 1.82) is 0 Å². The molecule has 2 amide bonds. The van der Waals surface area contributed by atoms with Gasteiger partial charge in [-0.05, 0) is 62.6 Å². The number of aryl methyl sites for hydroxylation is 1. The summed E-state index contributed by atoms with van der Waals surface area (Å²) in [5, 5.41) is 13.3. The molecule has 8 heteroatoms. The number of hydroxylamine groups is 1. The average molecular weight is 489 g/mol. The molecule has 1 aliphatic heterocycles. The maximum atomic E-state index is 13.0. The molecule has 1 aromatic heterocycles. The molecule has 1 aliphatic carbocycles. The zero-order valence-corrected chi connectivity index (χ0v) is 20.4. The van der Waals surface area contributed by atoms with E-state index in [-0.39, 0.29) is 11.9 Å². The van der Waals surface area contributed by atoms with Crippen molar-refractivity contribution in [3.05, 3.63) is 71.4 Å². The van der Waals surface area contributed by atoms with Crippen LogP contribution in [0.4, 0.5) is 0 Å². The van der Waals surface area contributed by atoms with Gasteiger partial charge in [-0.15, -0.1) is 0 Å². The number of rotatable bonds is 7. The molecule has 2 atom stereocenters. The van der Waals surface area contributed by atoms with Crippen molar-refractivity contribution >= 4 is 22.7 Å². The van der Waals surface area contributed by atoms with Crippen LogP contribution >= 0.6 is 0 Å². The van der Waals surface area contributed by atoms with Crippen molar-refractivity contribution in [2.75, 3.05) is 13.1 Å². The van der Waals surface area contributed by atoms with Gasteiger partial charge >= 0.3 is 0 Å². The molecule has 8 nitrogen and oxygen atoms in total. The number of ether oxygens (including phenoxy) is 1. The van der Waals surface area contributed by atoms with Crippen LogP contribution in [-0.2, 0) is 11.4 Å². The number of nitrogens with zero attached hydrogens (tertiary/aromatic N) is 2. The van der Waals surface area contributed by atoms with E-state index in [1.165, 1.54) is 6.42 Å². The summed E-state index contributed by atoms with van der Waals surface area (Å²) in [4.78, 5) is 32.2. The van der Waals surface area contributed by atoms with Gasteiger partial charge in [0.05, 0.1) is 11.4 Å². The highest BCUT2D eigenvalue weighted by Crippen LogP contribution is 2.29. The van der Waals surface area contributed by atoms with Crippen LogP contribution in [0.5, 0.6) is 5.75 Å². The average Bonchev–Trinajstić information content (AvgIpc) is 2.86. The van der Waals surface area contributed by atoms with Crippen LogP contribution in [0.1, 0.15) is 47.3 Å². The molecular formula is C28H32N4O4. The summed E-state index contributed by atoms with van der Waals surface area (Å²) in [6.07, 6.45) is 4.18. The standard InChI is InChI=1S/C28H32N4O4/c1-18-15-20(23-7-2-3-8-25(23)29-18)17-36-22-11-9-19(10-12-22)27(33)30-26-13-14-32(21-5-4-6-21)16-24(26)28(34)31-35/h2-3,7-12,15,21,24,26,35H,4-6,13-14,16-17H2,1H3,(H,30,33)(H,31,34)/t24-,26+/m0/s1. The summed E-state index contributed by atoms with van der Waals surface area (Å²) in [5.41, 5.74) is 5.22. The van der Waals surface area contributed by atoms with Gasteiger partial charge in [-0.3, -0.25) is 24.7 Å². The van der Waals surface area contributed by atoms with Crippen LogP contribution in [0.15, 0.2) is 54.6 Å². The molecule has 0 spiro atoms. The first-order valence-electron chi connectivity index (χ1n) is 12.6. The van der Waals surface area contributed by atoms with Gasteiger partial charge in [-0.2, -0.15) is 0 Å². The zero-order chi connectivity index (χ0) is 25.1. The maximum Gasteiger partial charge on any atom is 0.251 e. The summed E-state index contributed by atoms with van der Waals surface area (Å²) in [5.74, 6) is -0.520. The largest absolute Gasteiger partial charge is 0.489 e. The van der Waals surface area contributed by atoms with E-state index in [1.807, 2.05) is 37.3 Å². The van der Waals surface area contributed by atoms with Crippen molar-refractivity contribution in [2.24, 2.45) is 5.92 Å². The fraction of sp³-hybridized carbons (Fsp3) is 0.393. The second-order valence-corrected chi connectivity index (χ2v) is 9.78. The van der Waals surface area contributed by atoms with Gasteiger partial charge in [-0.25, -0.2) is 5.48 Å². The molecule has 0 radical (unpaired) electrons. The highest BCUT2D eigenvalue weighted by molar-refractivity contribution is 5.95. The Morgan fingerprint density at radius 3 is 2.61 bits per heavy atom. The maximum absolute atomic E-state index is 13.0. The highest BCUT2D eigenvalue weighted by Gasteiger charge is 2.38. The van der Waals surface area contributed by atoms with Gasteiger partial charge in [0.2, 0.25) is 5.91 Å². The summed E-state index contributed by atoms with van der Waals surface area (Å²) in [6, 6.07) is 17.2. The first-order valence-corrected chi connectivity index (χ1v) is 12.6. The third-order valence-electron chi connectivity index (χ3n) is 7.44. The number of carbonyl (C=O) groups is 2. The van der Waals surface area contributed by atoms with E-state index in [0.717, 1.165) is 41.5 Å². The Morgan fingerprint density at radius 1 is 1.11 bits per heavy atom. The monoisotopic (exact) mass is 488 g/mol. The number of aromatic nitrogens is 1. The number of carbonyl (C=O) groups excluding carboxylic acids is 2. The number of pyridine rings is 1. The van der Waals surface area contributed by atoms with Gasteiger partial charge in [0.1, 0.15) is 12.4 Å². The van der Waals surface area contributed by atoms with E-state index < -0.39 is 11.8 Å². The molecule has 2 aromatic carbocycles. The van der Waals surface area contributed by atoms with Crippen molar-refractivity contribution in [1.82, 2.24) is 20.7 Å². The Bertz CT molecular complexity index is 1240. The van der Waals surface area contributed by atoms with E-state index in [4.69, 9.17) is 4.74 Å². The topological polar surface area (TPSA) is 104 Å². The van der Waals surface area contributed by atoms with Crippen LogP contribution in [0.2, 0.25) is 0 Å². The molecule has 2 heterocycles. The van der Waals surface area contributed by atoms with Gasteiger partial charge in [0.25, 0.3) is 5.91 Å². The normalized spacial score (nSPS) is 20.5. The Kier molecular flexibility index (Phi) is 7.16. The van der Waals surface area contributed by atoms with Crippen LogP contribution < -0.4 is 15.5 Å². The summed E-state index contributed by atoms with van der Waals surface area (Å²) in [7, 11) is 0. The molecule has 36 heavy (non-hydrogen) atoms. The lowest BCUT2D eigenvalue weighted by molar-refractivity contribution is -0.136. The van der Waals surface area contributed by atoms with Crippen molar-refractivity contribution in [3.63, 3.8) is 0 Å². The van der Waals surface area contributed by atoms with E-state index in [1.54, 1.807) is 29.7 Å². The number of hydrogen-bond donors (Lipinski definition) is 3. The smallest absolute Gasteiger partial charge is 0.251 e. The minimum absolute atomic E-state index is 0.241. The van der Waals surface area contributed by atoms with Crippen molar-refractivity contribution < 1.29 is 19.5 Å². The molecule has 3 N–H and O–H groups in total. The van der Waals surface area contributed by atoms with Gasteiger partial charge in [-0.1, -0.05) is 24.6 Å². The second kappa shape index (κ2) is 10.6. The third kappa shape index (κ3) is 5.20.